The van der Waals surface area contributed by atoms with Crippen LogP contribution in [0.4, 0.5) is 0 Å². The Morgan fingerprint density at radius 1 is 1.33 bits per heavy atom. The summed E-state index contributed by atoms with van der Waals surface area (Å²) in [6, 6.07) is 5.67. The molecule has 80 valence electrons. The zero-order chi connectivity index (χ0) is 10.7. The first-order valence-corrected chi connectivity index (χ1v) is 6.00. The van der Waals surface area contributed by atoms with Gasteiger partial charge in [-0.15, -0.1) is 11.3 Å². The van der Waals surface area contributed by atoms with Gasteiger partial charge in [0.1, 0.15) is 5.76 Å². The molecule has 0 fully saturated rings. The summed E-state index contributed by atoms with van der Waals surface area (Å²) in [6.07, 6.45) is 1.66. The molecule has 15 heavy (non-hydrogen) atoms. The molecule has 0 bridgehead atoms. The maximum atomic E-state index is 5.98. The van der Waals surface area contributed by atoms with Crippen molar-refractivity contribution in [3.8, 4) is 0 Å². The number of furan rings is 1. The van der Waals surface area contributed by atoms with E-state index in [4.69, 9.17) is 27.6 Å². The molecule has 2 heterocycles. The van der Waals surface area contributed by atoms with Gasteiger partial charge >= 0.3 is 0 Å². The molecule has 2 rings (SSSR count). The summed E-state index contributed by atoms with van der Waals surface area (Å²) in [5.74, 6) is 0.910. The minimum atomic E-state index is 0.691. The van der Waals surface area contributed by atoms with Gasteiger partial charge in [-0.2, -0.15) is 0 Å². The third-order valence-corrected chi connectivity index (χ3v) is 3.49. The maximum absolute atomic E-state index is 5.98. The molecule has 0 unspecified atom stereocenters. The number of nitrogens with one attached hydrogen (secondary N) is 1. The lowest BCUT2D eigenvalue weighted by Gasteiger charge is -2.00. The maximum Gasteiger partial charge on any atom is 0.117 e. The van der Waals surface area contributed by atoms with Gasteiger partial charge in [-0.25, -0.2) is 0 Å². The fraction of sp³-hybridized carbons (Fsp3) is 0.200. The fourth-order valence-corrected chi connectivity index (χ4v) is 2.72. The van der Waals surface area contributed by atoms with Crippen LogP contribution in [0.2, 0.25) is 8.67 Å². The molecule has 1 N–H and O–H groups in total. The van der Waals surface area contributed by atoms with Crippen LogP contribution in [0.3, 0.4) is 0 Å². The molecule has 5 heteroatoms. The molecule has 0 amide bonds. The molecule has 0 aromatic carbocycles. The summed E-state index contributed by atoms with van der Waals surface area (Å²) in [6.45, 7) is 1.39. The highest BCUT2D eigenvalue weighted by molar-refractivity contribution is 7.20. The van der Waals surface area contributed by atoms with E-state index < -0.39 is 0 Å². The summed E-state index contributed by atoms with van der Waals surface area (Å²) in [5.41, 5.74) is 1.03. The molecule has 0 saturated carbocycles. The predicted molar refractivity (Wildman–Crippen MR) is 63.6 cm³/mol. The molecule has 2 aromatic rings. The van der Waals surface area contributed by atoms with Gasteiger partial charge in [-0.1, -0.05) is 23.2 Å². The Hall–Kier alpha value is -0.480. The lowest BCUT2D eigenvalue weighted by Crippen LogP contribution is -2.11. The van der Waals surface area contributed by atoms with Crippen molar-refractivity contribution >= 4 is 34.5 Å². The summed E-state index contributed by atoms with van der Waals surface area (Å²) < 4.78 is 6.65. The molecule has 2 aromatic heterocycles. The topological polar surface area (TPSA) is 25.2 Å². The second-order valence-corrected chi connectivity index (χ2v) is 5.32. The largest absolute Gasteiger partial charge is 0.468 e. The third-order valence-electron chi connectivity index (χ3n) is 1.92. The summed E-state index contributed by atoms with van der Waals surface area (Å²) in [7, 11) is 0. The van der Waals surface area contributed by atoms with Gasteiger partial charge in [0.25, 0.3) is 0 Å². The summed E-state index contributed by atoms with van der Waals surface area (Å²) in [4.78, 5) is 0. The van der Waals surface area contributed by atoms with Gasteiger partial charge in [0.2, 0.25) is 0 Å². The Bertz CT molecular complexity index is 425. The van der Waals surface area contributed by atoms with Crippen LogP contribution < -0.4 is 5.32 Å². The van der Waals surface area contributed by atoms with Gasteiger partial charge in [0.05, 0.1) is 21.5 Å². The van der Waals surface area contributed by atoms with Crippen molar-refractivity contribution in [2.45, 2.75) is 13.1 Å². The van der Waals surface area contributed by atoms with Crippen LogP contribution in [0.1, 0.15) is 11.3 Å². The van der Waals surface area contributed by atoms with Crippen LogP contribution in [0.5, 0.6) is 0 Å². The Morgan fingerprint density at radius 3 is 2.80 bits per heavy atom. The number of rotatable bonds is 4. The van der Waals surface area contributed by atoms with Crippen LogP contribution in [0.25, 0.3) is 0 Å². The monoisotopic (exact) mass is 261 g/mol. The molecule has 0 aliphatic carbocycles. The van der Waals surface area contributed by atoms with Gasteiger partial charge in [-0.05, 0) is 23.8 Å². The van der Waals surface area contributed by atoms with Crippen LogP contribution in [-0.2, 0) is 13.1 Å². The van der Waals surface area contributed by atoms with Crippen LogP contribution in [-0.4, -0.2) is 0 Å². The smallest absolute Gasteiger partial charge is 0.117 e. The van der Waals surface area contributed by atoms with E-state index in [9.17, 15) is 0 Å². The molecular weight excluding hydrogens is 253 g/mol. The summed E-state index contributed by atoms with van der Waals surface area (Å²) in [5, 5.41) is 3.23. The van der Waals surface area contributed by atoms with Crippen LogP contribution >= 0.6 is 34.5 Å². The van der Waals surface area contributed by atoms with E-state index in [1.807, 2.05) is 18.2 Å². The lowest BCUT2D eigenvalue weighted by molar-refractivity contribution is 0.483. The van der Waals surface area contributed by atoms with Crippen molar-refractivity contribution in [3.63, 3.8) is 0 Å². The highest BCUT2D eigenvalue weighted by Crippen LogP contribution is 2.30. The second-order valence-electron chi connectivity index (χ2n) is 3.03. The molecule has 2 nitrogen and oxygen atoms in total. The number of halogens is 2. The van der Waals surface area contributed by atoms with Crippen LogP contribution in [0.15, 0.2) is 28.9 Å². The molecule has 0 radical (unpaired) electrons. The van der Waals surface area contributed by atoms with Crippen molar-refractivity contribution in [3.05, 3.63) is 44.5 Å². The Kier molecular flexibility index (Phi) is 3.70. The quantitative estimate of drug-likeness (QED) is 0.902. The second kappa shape index (κ2) is 5.03. The van der Waals surface area contributed by atoms with Crippen molar-refractivity contribution < 1.29 is 4.42 Å². The van der Waals surface area contributed by atoms with Gasteiger partial charge in [-0.3, -0.25) is 0 Å². The van der Waals surface area contributed by atoms with E-state index in [0.717, 1.165) is 20.0 Å². The number of thiophene rings is 1. The molecule has 0 spiro atoms. The van der Waals surface area contributed by atoms with E-state index >= 15 is 0 Å². The zero-order valence-electron chi connectivity index (χ0n) is 7.80. The average Bonchev–Trinajstić information content (AvgIpc) is 2.77. The first-order chi connectivity index (χ1) is 7.25. The van der Waals surface area contributed by atoms with Crippen molar-refractivity contribution in [1.29, 1.82) is 0 Å². The normalized spacial score (nSPS) is 10.8. The average molecular weight is 262 g/mol. The highest BCUT2D eigenvalue weighted by atomic mass is 35.5. The van der Waals surface area contributed by atoms with Crippen LogP contribution in [0, 0.1) is 0 Å². The van der Waals surface area contributed by atoms with Crippen molar-refractivity contribution in [2.24, 2.45) is 0 Å². The number of hydrogen-bond acceptors (Lipinski definition) is 3. The first kappa shape index (κ1) is 11.0. The molecule has 0 saturated heterocycles. The lowest BCUT2D eigenvalue weighted by atomic mass is 10.3. The molecule has 0 aliphatic heterocycles. The highest BCUT2D eigenvalue weighted by Gasteiger charge is 2.05. The zero-order valence-corrected chi connectivity index (χ0v) is 10.1. The van der Waals surface area contributed by atoms with Crippen molar-refractivity contribution in [2.75, 3.05) is 0 Å². The summed E-state index contributed by atoms with van der Waals surface area (Å²) >= 11 is 13.2. The third kappa shape index (κ3) is 2.98. The first-order valence-electron chi connectivity index (χ1n) is 4.42. The Labute approximate surface area is 102 Å². The van der Waals surface area contributed by atoms with E-state index in [2.05, 4.69) is 5.32 Å². The van der Waals surface area contributed by atoms with E-state index in [0.29, 0.717) is 13.1 Å². The Morgan fingerprint density at radius 2 is 2.20 bits per heavy atom. The van der Waals surface area contributed by atoms with E-state index in [1.54, 1.807) is 6.26 Å². The number of hydrogen-bond donors (Lipinski definition) is 1. The predicted octanol–water partition coefficient (Wildman–Crippen LogP) is 3.94. The van der Waals surface area contributed by atoms with Crippen molar-refractivity contribution in [1.82, 2.24) is 5.32 Å². The minimum absolute atomic E-state index is 0.691. The standard InChI is InChI=1S/C10H9Cl2NOS/c11-9-4-7(10(12)15-9)5-13-6-8-2-1-3-14-8/h1-4,13H,5-6H2. The minimum Gasteiger partial charge on any atom is -0.468 e. The fourth-order valence-electron chi connectivity index (χ4n) is 1.23. The van der Waals surface area contributed by atoms with Gasteiger partial charge in [0, 0.05) is 6.54 Å². The molecule has 0 aliphatic rings. The molecular formula is C10H9Cl2NOS. The Balaban J connectivity index is 1.86. The van der Waals surface area contributed by atoms with Gasteiger partial charge in [0.15, 0.2) is 0 Å². The van der Waals surface area contributed by atoms with E-state index in [-0.39, 0.29) is 0 Å². The molecule has 0 atom stereocenters. The van der Waals surface area contributed by atoms with E-state index in [1.165, 1.54) is 11.3 Å². The van der Waals surface area contributed by atoms with Gasteiger partial charge < -0.3 is 9.73 Å². The SMILES string of the molecule is Clc1cc(CNCc2ccco2)c(Cl)s1.